The van der Waals surface area contributed by atoms with Gasteiger partial charge in [0, 0.05) is 25.5 Å². The number of sulfonamides is 1. The highest BCUT2D eigenvalue weighted by molar-refractivity contribution is 7.89. The fourth-order valence-corrected chi connectivity index (χ4v) is 5.52. The summed E-state index contributed by atoms with van der Waals surface area (Å²) >= 11 is 0. The maximum atomic E-state index is 12.8. The summed E-state index contributed by atoms with van der Waals surface area (Å²) in [5.74, 6) is -0.891. The minimum Gasteiger partial charge on any atom is -0.478 e. The zero-order chi connectivity index (χ0) is 25.6. The van der Waals surface area contributed by atoms with Crippen molar-refractivity contribution in [3.63, 3.8) is 0 Å². The topological polar surface area (TPSA) is 115 Å². The Hall–Kier alpha value is -3.39. The first-order valence-corrected chi connectivity index (χ1v) is 12.0. The van der Waals surface area contributed by atoms with E-state index in [9.17, 15) is 26.4 Å². The largest absolute Gasteiger partial charge is 0.478 e. The van der Waals surface area contributed by atoms with Crippen LogP contribution < -0.4 is 14.8 Å². The summed E-state index contributed by atoms with van der Waals surface area (Å²) in [6.07, 6.45) is -1.68. The maximum absolute atomic E-state index is 12.8. The van der Waals surface area contributed by atoms with Gasteiger partial charge in [0.1, 0.15) is 5.75 Å². The number of pyridine rings is 2. The third-order valence-electron chi connectivity index (χ3n) is 5.77. The van der Waals surface area contributed by atoms with Gasteiger partial charge >= 0.3 is 6.18 Å². The summed E-state index contributed by atoms with van der Waals surface area (Å²) in [7, 11) is -2.02. The third-order valence-corrected chi connectivity index (χ3v) is 7.83. The molecule has 0 radical (unpaired) electrons. The molecule has 4 rings (SSSR count). The van der Waals surface area contributed by atoms with E-state index in [4.69, 9.17) is 9.47 Å². The van der Waals surface area contributed by atoms with Crippen LogP contribution in [-0.4, -0.2) is 70.4 Å². The van der Waals surface area contributed by atoms with Crippen molar-refractivity contribution in [3.8, 4) is 17.4 Å². The van der Waals surface area contributed by atoms with E-state index in [1.54, 1.807) is 13.8 Å². The van der Waals surface area contributed by atoms with Crippen LogP contribution in [0.25, 0.3) is 5.52 Å². The Morgan fingerprint density at radius 2 is 2.03 bits per heavy atom. The number of hydrogen-bond donors (Lipinski definition) is 1. The highest BCUT2D eigenvalue weighted by atomic mass is 32.2. The second kappa shape index (κ2) is 8.68. The van der Waals surface area contributed by atoms with Crippen LogP contribution in [0, 0.1) is 0 Å². The second-order valence-electron chi connectivity index (χ2n) is 8.50. The van der Waals surface area contributed by atoms with Gasteiger partial charge < -0.3 is 14.8 Å². The van der Waals surface area contributed by atoms with Gasteiger partial charge in [0.15, 0.2) is 18.1 Å². The van der Waals surface area contributed by atoms with Crippen molar-refractivity contribution >= 4 is 21.4 Å². The van der Waals surface area contributed by atoms with Crippen molar-refractivity contribution in [1.82, 2.24) is 24.2 Å². The van der Waals surface area contributed by atoms with E-state index in [-0.39, 0.29) is 28.8 Å². The maximum Gasteiger partial charge on any atom is 0.422 e. The lowest BCUT2D eigenvalue weighted by Crippen LogP contribution is -2.52. The number of nitrogens with one attached hydrogen (secondary N) is 1. The molecule has 14 heteroatoms. The number of ether oxygens (including phenoxy) is 2. The molecule has 35 heavy (non-hydrogen) atoms. The van der Waals surface area contributed by atoms with E-state index >= 15 is 0 Å². The molecule has 0 bridgehead atoms. The molecule has 1 unspecified atom stereocenters. The number of aromatic nitrogens is 3. The molecule has 0 spiro atoms. The summed E-state index contributed by atoms with van der Waals surface area (Å²) in [5, 5.41) is 6.94. The van der Waals surface area contributed by atoms with Crippen LogP contribution in [0.4, 0.5) is 13.2 Å². The van der Waals surface area contributed by atoms with Crippen LogP contribution in [0.5, 0.6) is 17.4 Å². The van der Waals surface area contributed by atoms with Crippen LogP contribution in [0.2, 0.25) is 0 Å². The molecule has 1 aliphatic rings. The van der Waals surface area contributed by atoms with E-state index in [2.05, 4.69) is 15.4 Å². The van der Waals surface area contributed by atoms with Crippen LogP contribution in [0.3, 0.4) is 0 Å². The van der Waals surface area contributed by atoms with E-state index in [0.717, 1.165) is 0 Å². The lowest BCUT2D eigenvalue weighted by Gasteiger charge is -2.31. The summed E-state index contributed by atoms with van der Waals surface area (Å²) in [5.41, 5.74) is -0.308. The number of rotatable bonds is 6. The van der Waals surface area contributed by atoms with Crippen molar-refractivity contribution in [1.29, 1.82) is 0 Å². The van der Waals surface area contributed by atoms with Gasteiger partial charge in [0.2, 0.25) is 10.0 Å². The Morgan fingerprint density at radius 3 is 2.69 bits per heavy atom. The molecule has 0 saturated carbocycles. The first-order chi connectivity index (χ1) is 16.3. The summed E-state index contributed by atoms with van der Waals surface area (Å²) < 4.78 is 75.0. The lowest BCUT2D eigenvalue weighted by molar-refractivity contribution is -0.153. The molecular formula is C21H22F3N5O5S. The predicted octanol–water partition coefficient (Wildman–Crippen LogP) is 2.61. The summed E-state index contributed by atoms with van der Waals surface area (Å²) in [6, 6.07) is 6.55. The molecule has 10 nitrogen and oxygen atoms in total. The van der Waals surface area contributed by atoms with Gasteiger partial charge in [-0.1, -0.05) is 0 Å². The van der Waals surface area contributed by atoms with E-state index in [1.807, 2.05) is 0 Å². The molecule has 1 aliphatic heterocycles. The minimum absolute atomic E-state index is 0.0527. The minimum atomic E-state index is -4.52. The smallest absolute Gasteiger partial charge is 0.422 e. The number of carbonyl (C=O) groups excluding carboxylic acids is 1. The van der Waals surface area contributed by atoms with Crippen molar-refractivity contribution in [2.24, 2.45) is 0 Å². The van der Waals surface area contributed by atoms with Gasteiger partial charge in [-0.25, -0.2) is 17.9 Å². The van der Waals surface area contributed by atoms with Gasteiger partial charge in [0.05, 0.1) is 22.9 Å². The molecule has 1 saturated heterocycles. The quantitative estimate of drug-likeness (QED) is 0.539. The Balaban J connectivity index is 1.51. The Labute approximate surface area is 198 Å². The number of alkyl halides is 3. The molecule has 4 heterocycles. The van der Waals surface area contributed by atoms with Crippen molar-refractivity contribution in [2.45, 2.75) is 31.6 Å². The monoisotopic (exact) mass is 513 g/mol. The average Bonchev–Trinajstić information content (AvgIpc) is 3.26. The molecular weight excluding hydrogens is 491 g/mol. The van der Waals surface area contributed by atoms with Crippen molar-refractivity contribution in [2.75, 3.05) is 19.4 Å². The van der Waals surface area contributed by atoms with Gasteiger partial charge in [0.25, 0.3) is 11.8 Å². The number of likely N-dealkylation sites (N-methyl/N-ethyl adjacent to an activating group) is 1. The highest BCUT2D eigenvalue weighted by Crippen LogP contribution is 2.32. The van der Waals surface area contributed by atoms with Gasteiger partial charge in [-0.15, -0.1) is 0 Å². The fourth-order valence-electron chi connectivity index (χ4n) is 3.54. The second-order valence-corrected chi connectivity index (χ2v) is 10.5. The lowest BCUT2D eigenvalue weighted by atomic mass is 9.96. The van der Waals surface area contributed by atoms with E-state index in [1.165, 1.54) is 58.6 Å². The summed E-state index contributed by atoms with van der Waals surface area (Å²) in [6.45, 7) is 1.95. The van der Waals surface area contributed by atoms with Crippen LogP contribution in [0.1, 0.15) is 24.3 Å². The molecule has 3 aromatic heterocycles. The SMILES string of the molecule is CN1C(C)(C)C(NC(=O)c2cc3cc(Oc4ncccc4OCC(F)(F)F)ccn3n2)CS1(=O)=O. The van der Waals surface area contributed by atoms with E-state index < -0.39 is 40.3 Å². The Morgan fingerprint density at radius 1 is 1.29 bits per heavy atom. The van der Waals surface area contributed by atoms with Crippen molar-refractivity contribution < 1.29 is 35.9 Å². The molecule has 3 aromatic rings. The molecule has 1 atom stereocenters. The number of carbonyl (C=O) groups is 1. The zero-order valence-corrected chi connectivity index (χ0v) is 19.7. The number of amides is 1. The fraction of sp³-hybridized carbons (Fsp3) is 0.381. The van der Waals surface area contributed by atoms with Crippen LogP contribution in [-0.2, 0) is 10.0 Å². The number of hydrogen-bond acceptors (Lipinski definition) is 7. The molecule has 1 fully saturated rings. The van der Waals surface area contributed by atoms with E-state index in [0.29, 0.717) is 5.52 Å². The third kappa shape index (κ3) is 5.17. The molecule has 188 valence electrons. The summed E-state index contributed by atoms with van der Waals surface area (Å²) in [4.78, 5) is 16.7. The highest BCUT2D eigenvalue weighted by Gasteiger charge is 2.49. The predicted molar refractivity (Wildman–Crippen MR) is 118 cm³/mol. The van der Waals surface area contributed by atoms with Crippen molar-refractivity contribution in [3.05, 3.63) is 48.4 Å². The standard InChI is InChI=1S/C21H22F3N5O5S/c1-20(2)17(11-35(31,32)28(20)3)26-18(30)15-10-13-9-14(6-8-29(13)27-15)34-19-16(5-4-7-25-19)33-12-21(22,23)24/h4-10,17H,11-12H2,1-3H3,(H,26,30). The van der Waals surface area contributed by atoms with Gasteiger partial charge in [-0.05, 0) is 38.1 Å². The van der Waals surface area contributed by atoms with Gasteiger partial charge in [-0.2, -0.15) is 22.6 Å². The van der Waals surface area contributed by atoms with Crippen LogP contribution >= 0.6 is 0 Å². The Kier molecular flexibility index (Phi) is 6.13. The average molecular weight is 513 g/mol. The number of halogens is 3. The molecule has 1 N–H and O–H groups in total. The number of fused-ring (bicyclic) bond motifs is 1. The van der Waals surface area contributed by atoms with Gasteiger partial charge in [-0.3, -0.25) is 4.79 Å². The first kappa shape index (κ1) is 24.7. The first-order valence-electron chi connectivity index (χ1n) is 10.4. The Bertz CT molecular complexity index is 1370. The van der Waals surface area contributed by atoms with Crippen LogP contribution in [0.15, 0.2) is 42.7 Å². The molecule has 0 aromatic carbocycles. The normalized spacial score (nSPS) is 19.5. The zero-order valence-electron chi connectivity index (χ0n) is 18.9. The molecule has 1 amide bonds. The number of nitrogens with zero attached hydrogens (tertiary/aromatic N) is 4. The molecule has 0 aliphatic carbocycles.